The molecule has 56 valence electrons. The minimum atomic E-state index is -0.196. The van der Waals surface area contributed by atoms with Crippen molar-refractivity contribution >= 4 is 0 Å². The van der Waals surface area contributed by atoms with Crippen LogP contribution in [-0.4, -0.2) is 22.4 Å². The lowest BCUT2D eigenvalue weighted by molar-refractivity contribution is -0.0124. The minimum Gasteiger partial charge on any atom is -0.392 e. The van der Waals surface area contributed by atoms with Gasteiger partial charge in [0.1, 0.15) is 0 Å². The molecule has 3 rings (SSSR count). The van der Waals surface area contributed by atoms with E-state index < -0.39 is 0 Å². The number of aliphatic hydroxyl groups excluding tert-OH is 2. The zero-order valence-corrected chi connectivity index (χ0v) is 5.77. The summed E-state index contributed by atoms with van der Waals surface area (Å²) in [6.45, 7) is 0. The summed E-state index contributed by atoms with van der Waals surface area (Å²) in [6.07, 6.45) is 5.18. The molecule has 0 saturated heterocycles. The average Bonchev–Trinajstić information content (AvgIpc) is 1.91. The first kappa shape index (κ1) is 6.38. The molecule has 0 radical (unpaired) electrons. The lowest BCUT2D eigenvalue weighted by atomic mass is 9.72. The molecule has 4 atom stereocenters. The van der Waals surface area contributed by atoms with Crippen molar-refractivity contribution in [2.45, 2.75) is 25.0 Å². The molecule has 0 aliphatic heterocycles. The Hall–Kier alpha value is -0.340. The predicted octanol–water partition coefficient (Wildman–Crippen LogP) is 0.304. The molecule has 0 aromatic heterocycles. The highest BCUT2D eigenvalue weighted by molar-refractivity contribution is 5.09. The van der Waals surface area contributed by atoms with Crippen molar-refractivity contribution in [3.63, 3.8) is 0 Å². The summed E-state index contributed by atoms with van der Waals surface area (Å²) in [5, 5.41) is 18.7. The molecule has 0 aromatic rings. The van der Waals surface area contributed by atoms with E-state index in [0.717, 1.165) is 12.8 Å². The Morgan fingerprint density at radius 2 is 1.30 bits per heavy atom. The standard InChI is InChI=1S/C8H12O2/c9-7-4-6-2-1-5(7)3-8(6)10/h1-2,5-10H,3-4H2/t5-,6+,7+,8-. The summed E-state index contributed by atoms with van der Waals surface area (Å²) in [5.41, 5.74) is 0. The molecular formula is C8H12O2. The quantitative estimate of drug-likeness (QED) is 0.475. The maximum Gasteiger partial charge on any atom is 0.0610 e. The van der Waals surface area contributed by atoms with Crippen molar-refractivity contribution in [2.75, 3.05) is 0 Å². The lowest BCUT2D eigenvalue weighted by Crippen LogP contribution is -2.40. The SMILES string of the molecule is O[C@@H]1C[C@H]2C=C[C@H]1C[C@@H]2O. The Kier molecular flexibility index (Phi) is 1.32. The van der Waals surface area contributed by atoms with Crippen LogP contribution in [0, 0.1) is 11.8 Å². The van der Waals surface area contributed by atoms with Crippen LogP contribution in [0.15, 0.2) is 12.2 Å². The molecule has 0 amide bonds. The third-order valence-corrected chi connectivity index (χ3v) is 2.62. The Balaban J connectivity index is 2.20. The Morgan fingerprint density at radius 3 is 1.50 bits per heavy atom. The highest BCUT2D eigenvalue weighted by Gasteiger charge is 2.36. The van der Waals surface area contributed by atoms with Crippen molar-refractivity contribution in [1.82, 2.24) is 0 Å². The molecular weight excluding hydrogens is 128 g/mol. The smallest absolute Gasteiger partial charge is 0.0610 e. The molecule has 1 saturated carbocycles. The summed E-state index contributed by atoms with van der Waals surface area (Å²) in [4.78, 5) is 0. The first-order valence-corrected chi connectivity index (χ1v) is 3.82. The normalized spacial score (nSPS) is 51.8. The largest absolute Gasteiger partial charge is 0.392 e. The van der Waals surface area contributed by atoms with Gasteiger partial charge in [-0.15, -0.1) is 0 Å². The first-order valence-electron chi connectivity index (χ1n) is 3.82. The zero-order valence-electron chi connectivity index (χ0n) is 5.77. The van der Waals surface area contributed by atoms with Gasteiger partial charge in [-0.2, -0.15) is 0 Å². The van der Waals surface area contributed by atoms with Gasteiger partial charge in [-0.1, -0.05) is 12.2 Å². The van der Waals surface area contributed by atoms with E-state index in [1.165, 1.54) is 0 Å². The van der Waals surface area contributed by atoms with Crippen molar-refractivity contribution in [2.24, 2.45) is 11.8 Å². The molecule has 2 heteroatoms. The van der Waals surface area contributed by atoms with Gasteiger partial charge in [0.2, 0.25) is 0 Å². The molecule has 2 bridgehead atoms. The van der Waals surface area contributed by atoms with Crippen LogP contribution in [0.1, 0.15) is 12.8 Å². The van der Waals surface area contributed by atoms with Crippen LogP contribution in [0.25, 0.3) is 0 Å². The van der Waals surface area contributed by atoms with Crippen LogP contribution >= 0.6 is 0 Å². The lowest BCUT2D eigenvalue weighted by Gasteiger charge is -2.38. The van der Waals surface area contributed by atoms with E-state index in [0.29, 0.717) is 0 Å². The number of aliphatic hydroxyl groups is 2. The van der Waals surface area contributed by atoms with Gasteiger partial charge < -0.3 is 10.2 Å². The van der Waals surface area contributed by atoms with E-state index in [1.54, 1.807) is 0 Å². The number of rotatable bonds is 0. The fraction of sp³-hybridized carbons (Fsp3) is 0.750. The van der Waals surface area contributed by atoms with Crippen LogP contribution in [0.2, 0.25) is 0 Å². The molecule has 0 heterocycles. The summed E-state index contributed by atoms with van der Waals surface area (Å²) < 4.78 is 0. The molecule has 0 spiro atoms. The summed E-state index contributed by atoms with van der Waals surface area (Å²) in [5.74, 6) is 0.444. The van der Waals surface area contributed by atoms with E-state index in [4.69, 9.17) is 0 Å². The second-order valence-electron chi connectivity index (χ2n) is 3.32. The Bertz CT molecular complexity index is 147. The average molecular weight is 140 g/mol. The van der Waals surface area contributed by atoms with Gasteiger partial charge in [0, 0.05) is 11.8 Å². The topological polar surface area (TPSA) is 40.5 Å². The molecule has 2 nitrogen and oxygen atoms in total. The molecule has 3 aliphatic carbocycles. The molecule has 10 heavy (non-hydrogen) atoms. The van der Waals surface area contributed by atoms with Gasteiger partial charge in [-0.3, -0.25) is 0 Å². The summed E-state index contributed by atoms with van der Waals surface area (Å²) in [6, 6.07) is 0. The predicted molar refractivity (Wildman–Crippen MR) is 37.4 cm³/mol. The van der Waals surface area contributed by atoms with E-state index in [2.05, 4.69) is 0 Å². The third kappa shape index (κ3) is 0.796. The maximum absolute atomic E-state index is 9.35. The molecule has 0 aromatic carbocycles. The van der Waals surface area contributed by atoms with Crippen LogP contribution in [0.4, 0.5) is 0 Å². The van der Waals surface area contributed by atoms with E-state index in [1.807, 2.05) is 12.2 Å². The summed E-state index contributed by atoms with van der Waals surface area (Å²) in [7, 11) is 0. The minimum absolute atomic E-state index is 0.196. The molecule has 2 N–H and O–H groups in total. The Labute approximate surface area is 60.2 Å². The van der Waals surface area contributed by atoms with Gasteiger partial charge >= 0.3 is 0 Å². The molecule has 1 fully saturated rings. The van der Waals surface area contributed by atoms with Gasteiger partial charge in [-0.25, -0.2) is 0 Å². The van der Waals surface area contributed by atoms with Gasteiger partial charge in [0.25, 0.3) is 0 Å². The monoisotopic (exact) mass is 140 g/mol. The third-order valence-electron chi connectivity index (χ3n) is 2.62. The van der Waals surface area contributed by atoms with Gasteiger partial charge in [-0.05, 0) is 12.8 Å². The van der Waals surface area contributed by atoms with E-state index in [9.17, 15) is 10.2 Å². The van der Waals surface area contributed by atoms with E-state index >= 15 is 0 Å². The van der Waals surface area contributed by atoms with E-state index in [-0.39, 0.29) is 24.0 Å². The van der Waals surface area contributed by atoms with Gasteiger partial charge in [0.05, 0.1) is 12.2 Å². The van der Waals surface area contributed by atoms with Crippen molar-refractivity contribution in [1.29, 1.82) is 0 Å². The van der Waals surface area contributed by atoms with Crippen LogP contribution in [0.5, 0.6) is 0 Å². The van der Waals surface area contributed by atoms with Gasteiger partial charge in [0.15, 0.2) is 0 Å². The van der Waals surface area contributed by atoms with Crippen LogP contribution < -0.4 is 0 Å². The first-order chi connectivity index (χ1) is 4.77. The summed E-state index contributed by atoms with van der Waals surface area (Å²) >= 11 is 0. The number of fused-ring (bicyclic) bond motifs is 2. The maximum atomic E-state index is 9.35. The fourth-order valence-corrected chi connectivity index (χ4v) is 1.92. The van der Waals surface area contributed by atoms with Crippen LogP contribution in [-0.2, 0) is 0 Å². The Morgan fingerprint density at radius 1 is 0.900 bits per heavy atom. The highest BCUT2D eigenvalue weighted by atomic mass is 16.3. The van der Waals surface area contributed by atoms with Crippen LogP contribution in [0.3, 0.4) is 0 Å². The number of hydrogen-bond acceptors (Lipinski definition) is 2. The van der Waals surface area contributed by atoms with Crippen molar-refractivity contribution in [3.05, 3.63) is 12.2 Å². The fourth-order valence-electron chi connectivity index (χ4n) is 1.92. The second kappa shape index (κ2) is 2.07. The molecule has 3 aliphatic rings. The highest BCUT2D eigenvalue weighted by Crippen LogP contribution is 2.36. The molecule has 0 unspecified atom stereocenters. The second-order valence-corrected chi connectivity index (χ2v) is 3.32. The zero-order chi connectivity index (χ0) is 7.14. The number of hydrogen-bond donors (Lipinski definition) is 2. The van der Waals surface area contributed by atoms with Crippen molar-refractivity contribution in [3.8, 4) is 0 Å². The van der Waals surface area contributed by atoms with Crippen molar-refractivity contribution < 1.29 is 10.2 Å².